The predicted molar refractivity (Wildman–Crippen MR) is 59.0 cm³/mol. The van der Waals surface area contributed by atoms with E-state index in [0.29, 0.717) is 18.5 Å². The van der Waals surface area contributed by atoms with Crippen molar-refractivity contribution in [3.63, 3.8) is 0 Å². The third-order valence-corrected chi connectivity index (χ3v) is 2.63. The highest BCUT2D eigenvalue weighted by Crippen LogP contribution is 2.27. The summed E-state index contributed by atoms with van der Waals surface area (Å²) in [5.41, 5.74) is 0.446. The van der Waals surface area contributed by atoms with Gasteiger partial charge in [0, 0.05) is 18.9 Å². The number of hydrogen-bond acceptors (Lipinski definition) is 3. The molecule has 0 atom stereocenters. The van der Waals surface area contributed by atoms with Crippen LogP contribution in [-0.2, 0) is 9.59 Å². The Kier molecular flexibility index (Phi) is 2.64. The van der Waals surface area contributed by atoms with Crippen LogP contribution in [0.2, 0.25) is 0 Å². The van der Waals surface area contributed by atoms with Crippen LogP contribution in [0.1, 0.15) is 19.8 Å². The number of hydrogen-bond donors (Lipinski definition) is 1. The van der Waals surface area contributed by atoms with Crippen molar-refractivity contribution in [2.75, 3.05) is 4.90 Å². The molecular formula is C12H13NO3. The summed E-state index contributed by atoms with van der Waals surface area (Å²) in [5, 5.41) is 9.32. The molecular weight excluding hydrogens is 206 g/mol. The number of phenolic OH excluding ortho intramolecular Hbond substituents is 1. The van der Waals surface area contributed by atoms with Crippen molar-refractivity contribution in [2.45, 2.75) is 19.8 Å². The molecule has 1 fully saturated rings. The number of rotatable bonds is 1. The second kappa shape index (κ2) is 3.96. The molecule has 0 aliphatic carbocycles. The zero-order chi connectivity index (χ0) is 11.7. The lowest BCUT2D eigenvalue weighted by Gasteiger charge is -2.28. The lowest BCUT2D eigenvalue weighted by atomic mass is 9.97. The molecule has 0 bridgehead atoms. The molecule has 16 heavy (non-hydrogen) atoms. The first kappa shape index (κ1) is 10.7. The van der Waals surface area contributed by atoms with Crippen LogP contribution in [0.15, 0.2) is 24.3 Å². The quantitative estimate of drug-likeness (QED) is 0.731. The van der Waals surface area contributed by atoms with E-state index < -0.39 is 0 Å². The minimum Gasteiger partial charge on any atom is -0.508 e. The molecule has 0 spiro atoms. The van der Waals surface area contributed by atoms with Gasteiger partial charge in [0.2, 0.25) is 11.8 Å². The lowest BCUT2D eigenvalue weighted by Crippen LogP contribution is -2.42. The molecule has 4 heteroatoms. The highest BCUT2D eigenvalue weighted by Gasteiger charge is 2.31. The maximum atomic E-state index is 11.8. The Morgan fingerprint density at radius 2 is 1.88 bits per heavy atom. The SMILES string of the molecule is CC1CC(=O)N(c2cccc(O)c2)C(=O)C1. The normalized spacial score (nSPS) is 17.9. The molecule has 1 aliphatic heterocycles. The molecule has 0 unspecified atom stereocenters. The third kappa shape index (κ3) is 1.91. The second-order valence-corrected chi connectivity index (χ2v) is 4.16. The van der Waals surface area contributed by atoms with E-state index in [1.807, 2.05) is 6.92 Å². The Bertz CT molecular complexity index is 424. The molecule has 0 saturated carbocycles. The van der Waals surface area contributed by atoms with Gasteiger partial charge in [-0.3, -0.25) is 14.5 Å². The Hall–Kier alpha value is -1.84. The summed E-state index contributed by atoms with van der Waals surface area (Å²) >= 11 is 0. The van der Waals surface area contributed by atoms with Crippen molar-refractivity contribution in [2.24, 2.45) is 5.92 Å². The van der Waals surface area contributed by atoms with Gasteiger partial charge in [0.1, 0.15) is 5.75 Å². The number of imide groups is 1. The van der Waals surface area contributed by atoms with Gasteiger partial charge in [-0.2, -0.15) is 0 Å². The molecule has 2 amide bonds. The highest BCUT2D eigenvalue weighted by molar-refractivity contribution is 6.16. The largest absolute Gasteiger partial charge is 0.508 e. The summed E-state index contributed by atoms with van der Waals surface area (Å²) in [6, 6.07) is 6.19. The number of nitrogens with zero attached hydrogens (tertiary/aromatic N) is 1. The van der Waals surface area contributed by atoms with Crippen molar-refractivity contribution >= 4 is 17.5 Å². The minimum atomic E-state index is -0.200. The second-order valence-electron chi connectivity index (χ2n) is 4.16. The molecule has 1 aliphatic rings. The van der Waals surface area contributed by atoms with E-state index in [4.69, 9.17) is 0 Å². The van der Waals surface area contributed by atoms with Gasteiger partial charge in [-0.25, -0.2) is 0 Å². The van der Waals surface area contributed by atoms with Crippen LogP contribution in [0.4, 0.5) is 5.69 Å². The Balaban J connectivity index is 2.33. The van der Waals surface area contributed by atoms with Crippen LogP contribution in [0.25, 0.3) is 0 Å². The molecule has 1 aromatic rings. The average Bonchev–Trinajstić information content (AvgIpc) is 2.15. The van der Waals surface area contributed by atoms with Crippen molar-refractivity contribution in [1.82, 2.24) is 0 Å². The van der Waals surface area contributed by atoms with E-state index in [1.165, 1.54) is 12.1 Å². The third-order valence-electron chi connectivity index (χ3n) is 2.63. The summed E-state index contributed by atoms with van der Waals surface area (Å²) in [5.74, 6) is -0.242. The zero-order valence-electron chi connectivity index (χ0n) is 9.01. The smallest absolute Gasteiger partial charge is 0.234 e. The monoisotopic (exact) mass is 219 g/mol. The van der Waals surface area contributed by atoms with Gasteiger partial charge in [-0.15, -0.1) is 0 Å². The van der Waals surface area contributed by atoms with Gasteiger partial charge >= 0.3 is 0 Å². The predicted octanol–water partition coefficient (Wildman–Crippen LogP) is 1.68. The number of carbonyl (C=O) groups excluding carboxylic acids is 2. The van der Waals surface area contributed by atoms with Crippen LogP contribution in [-0.4, -0.2) is 16.9 Å². The van der Waals surface area contributed by atoms with Crippen LogP contribution in [0.5, 0.6) is 5.75 Å². The Morgan fingerprint density at radius 1 is 1.25 bits per heavy atom. The Morgan fingerprint density at radius 3 is 2.44 bits per heavy atom. The molecule has 1 aromatic carbocycles. The van der Waals surface area contributed by atoms with E-state index in [1.54, 1.807) is 12.1 Å². The van der Waals surface area contributed by atoms with E-state index in [-0.39, 0.29) is 23.5 Å². The van der Waals surface area contributed by atoms with E-state index >= 15 is 0 Å². The standard InChI is InChI=1S/C12H13NO3/c1-8-5-11(15)13(12(16)6-8)9-3-2-4-10(14)7-9/h2-4,7-8,14H,5-6H2,1H3. The maximum Gasteiger partial charge on any atom is 0.234 e. The van der Waals surface area contributed by atoms with Gasteiger partial charge < -0.3 is 5.11 Å². The number of aromatic hydroxyl groups is 1. The van der Waals surface area contributed by atoms with Crippen molar-refractivity contribution in [1.29, 1.82) is 0 Å². The number of anilines is 1. The molecule has 1 heterocycles. The molecule has 84 valence electrons. The molecule has 0 radical (unpaired) electrons. The lowest BCUT2D eigenvalue weighted by molar-refractivity contribution is -0.130. The van der Waals surface area contributed by atoms with Crippen LogP contribution in [0.3, 0.4) is 0 Å². The fraction of sp³-hybridized carbons (Fsp3) is 0.333. The number of piperidine rings is 1. The molecule has 1 N–H and O–H groups in total. The van der Waals surface area contributed by atoms with E-state index in [2.05, 4.69) is 0 Å². The summed E-state index contributed by atoms with van der Waals surface area (Å²) < 4.78 is 0. The number of phenols is 1. The maximum absolute atomic E-state index is 11.8. The van der Waals surface area contributed by atoms with Gasteiger partial charge in [0.25, 0.3) is 0 Å². The first-order valence-corrected chi connectivity index (χ1v) is 5.22. The van der Waals surface area contributed by atoms with Gasteiger partial charge in [0.05, 0.1) is 5.69 Å². The average molecular weight is 219 g/mol. The summed E-state index contributed by atoms with van der Waals surface area (Å²) in [6.45, 7) is 1.88. The number of benzene rings is 1. The van der Waals surface area contributed by atoms with Crippen LogP contribution in [0, 0.1) is 5.92 Å². The minimum absolute atomic E-state index is 0.0525. The summed E-state index contributed by atoms with van der Waals surface area (Å²) in [4.78, 5) is 24.7. The summed E-state index contributed by atoms with van der Waals surface area (Å²) in [6.07, 6.45) is 0.753. The summed E-state index contributed by atoms with van der Waals surface area (Å²) in [7, 11) is 0. The van der Waals surface area contributed by atoms with Crippen molar-refractivity contribution < 1.29 is 14.7 Å². The topological polar surface area (TPSA) is 57.6 Å². The van der Waals surface area contributed by atoms with E-state index in [0.717, 1.165) is 4.90 Å². The molecule has 0 aromatic heterocycles. The van der Waals surface area contributed by atoms with E-state index in [9.17, 15) is 14.7 Å². The van der Waals surface area contributed by atoms with Crippen molar-refractivity contribution in [3.8, 4) is 5.75 Å². The fourth-order valence-electron chi connectivity index (χ4n) is 1.91. The van der Waals surface area contributed by atoms with Gasteiger partial charge in [0.15, 0.2) is 0 Å². The molecule has 4 nitrogen and oxygen atoms in total. The zero-order valence-corrected chi connectivity index (χ0v) is 9.01. The van der Waals surface area contributed by atoms with Gasteiger partial charge in [-0.05, 0) is 18.1 Å². The molecule has 1 saturated heterocycles. The first-order valence-electron chi connectivity index (χ1n) is 5.22. The Labute approximate surface area is 93.5 Å². The van der Waals surface area contributed by atoms with Crippen LogP contribution >= 0.6 is 0 Å². The fourth-order valence-corrected chi connectivity index (χ4v) is 1.91. The van der Waals surface area contributed by atoms with Crippen molar-refractivity contribution in [3.05, 3.63) is 24.3 Å². The van der Waals surface area contributed by atoms with Crippen LogP contribution < -0.4 is 4.90 Å². The van der Waals surface area contributed by atoms with Gasteiger partial charge in [-0.1, -0.05) is 13.0 Å². The highest BCUT2D eigenvalue weighted by atomic mass is 16.3. The first-order chi connectivity index (χ1) is 7.58. The number of amides is 2. The molecule has 2 rings (SSSR count). The number of carbonyl (C=O) groups is 2.